The van der Waals surface area contributed by atoms with E-state index in [1.807, 2.05) is 0 Å². The predicted molar refractivity (Wildman–Crippen MR) is 132 cm³/mol. The van der Waals surface area contributed by atoms with E-state index in [0.717, 1.165) is 6.42 Å². The van der Waals surface area contributed by atoms with Gasteiger partial charge in [0.15, 0.2) is 0 Å². The van der Waals surface area contributed by atoms with E-state index >= 15 is 0 Å². The second-order valence-electron chi connectivity index (χ2n) is 7.64. The maximum Gasteiger partial charge on any atom is 0.100 e. The second-order valence-corrected chi connectivity index (χ2v) is 8.22. The van der Waals surface area contributed by atoms with Crippen LogP contribution in [0.4, 0.5) is 0 Å². The molecule has 1 atom stereocenters. The Kier molecular flexibility index (Phi) is 29.2. The Morgan fingerprint density at radius 3 is 1.31 bits per heavy atom. The van der Waals surface area contributed by atoms with Gasteiger partial charge in [-0.2, -0.15) is 0 Å². The Labute approximate surface area is 202 Å². The molecule has 0 heterocycles. The molecule has 0 radical (unpaired) electrons. The summed E-state index contributed by atoms with van der Waals surface area (Å²) in [7, 11) is 1.65. The molecule has 0 saturated carbocycles. The fourth-order valence-corrected chi connectivity index (χ4v) is 3.19. The van der Waals surface area contributed by atoms with Crippen molar-refractivity contribution < 1.29 is 33.2 Å². The molecule has 0 amide bonds. The first-order chi connectivity index (χ1) is 15.8. The molecule has 194 valence electrons. The molecule has 0 aromatic rings. The summed E-state index contributed by atoms with van der Waals surface area (Å²) in [5.74, 6) is 0. The molecule has 0 fully saturated rings. The lowest BCUT2D eigenvalue weighted by atomic mass is 10.1. The lowest BCUT2D eigenvalue weighted by molar-refractivity contribution is -0.0204. The Bertz CT molecular complexity index is 337. The van der Waals surface area contributed by atoms with Crippen LogP contribution < -0.4 is 0 Å². The van der Waals surface area contributed by atoms with Crippen LogP contribution in [-0.4, -0.2) is 91.8 Å². The zero-order valence-corrected chi connectivity index (χ0v) is 21.6. The molecule has 32 heavy (non-hydrogen) atoms. The first-order valence-electron chi connectivity index (χ1n) is 12.5. The summed E-state index contributed by atoms with van der Waals surface area (Å²) < 4.78 is 37.7. The van der Waals surface area contributed by atoms with Crippen molar-refractivity contribution in [1.29, 1.82) is 0 Å². The van der Waals surface area contributed by atoms with Crippen LogP contribution in [-0.2, 0) is 33.2 Å². The third-order valence-electron chi connectivity index (χ3n) is 4.76. The van der Waals surface area contributed by atoms with Crippen molar-refractivity contribution in [3.63, 3.8) is 0 Å². The van der Waals surface area contributed by atoms with Gasteiger partial charge in [-0.3, -0.25) is 0 Å². The van der Waals surface area contributed by atoms with Crippen LogP contribution >= 0.6 is 12.6 Å². The number of methoxy groups -OCH3 is 1. The van der Waals surface area contributed by atoms with Gasteiger partial charge in [0.1, 0.15) is 5.44 Å². The monoisotopic (exact) mass is 482 g/mol. The molecule has 0 aliphatic carbocycles. The van der Waals surface area contributed by atoms with Gasteiger partial charge in [0, 0.05) is 7.11 Å². The van der Waals surface area contributed by atoms with Gasteiger partial charge in [0.05, 0.1) is 79.3 Å². The molecule has 0 aliphatic heterocycles. The van der Waals surface area contributed by atoms with E-state index in [-0.39, 0.29) is 5.44 Å². The average Bonchev–Trinajstić information content (AvgIpc) is 2.80. The van der Waals surface area contributed by atoms with Gasteiger partial charge in [-0.1, -0.05) is 58.3 Å². The Morgan fingerprint density at radius 2 is 0.875 bits per heavy atom. The van der Waals surface area contributed by atoms with Gasteiger partial charge in [0.25, 0.3) is 0 Å². The van der Waals surface area contributed by atoms with Crippen molar-refractivity contribution in [2.24, 2.45) is 0 Å². The third kappa shape index (κ3) is 28.1. The van der Waals surface area contributed by atoms with E-state index in [1.54, 1.807) is 7.11 Å². The summed E-state index contributed by atoms with van der Waals surface area (Å²) in [4.78, 5) is 0. The smallest absolute Gasteiger partial charge is 0.100 e. The van der Waals surface area contributed by atoms with E-state index in [2.05, 4.69) is 19.6 Å². The van der Waals surface area contributed by atoms with Gasteiger partial charge >= 0.3 is 0 Å². The van der Waals surface area contributed by atoms with Crippen LogP contribution in [0.5, 0.6) is 0 Å². The minimum Gasteiger partial charge on any atom is -0.382 e. The summed E-state index contributed by atoms with van der Waals surface area (Å²) in [6, 6.07) is 0. The lowest BCUT2D eigenvalue weighted by Gasteiger charge is -2.12. The van der Waals surface area contributed by atoms with Gasteiger partial charge in [-0.25, -0.2) is 0 Å². The van der Waals surface area contributed by atoms with Crippen molar-refractivity contribution >= 4 is 12.6 Å². The van der Waals surface area contributed by atoms with Gasteiger partial charge in [-0.05, 0) is 6.42 Å². The standard InChI is InChI=1S/C24H50O7S/c1-3-4-5-6-7-8-9-10-11-24(32)31-23-22-30-21-20-29-19-18-28-17-16-27-15-14-26-13-12-25-2/h24,32H,3-23H2,1-2H3. The van der Waals surface area contributed by atoms with Crippen molar-refractivity contribution in [2.75, 3.05) is 86.4 Å². The van der Waals surface area contributed by atoms with Crippen LogP contribution in [0.25, 0.3) is 0 Å². The highest BCUT2D eigenvalue weighted by Crippen LogP contribution is 2.13. The lowest BCUT2D eigenvalue weighted by Crippen LogP contribution is -2.15. The zero-order valence-electron chi connectivity index (χ0n) is 20.7. The molecule has 0 bridgehead atoms. The second kappa shape index (κ2) is 29.1. The van der Waals surface area contributed by atoms with Gasteiger partial charge in [-0.15, -0.1) is 12.6 Å². The van der Waals surface area contributed by atoms with Crippen LogP contribution in [0, 0.1) is 0 Å². The summed E-state index contributed by atoms with van der Waals surface area (Å²) >= 11 is 4.50. The van der Waals surface area contributed by atoms with Crippen LogP contribution in [0.3, 0.4) is 0 Å². The highest BCUT2D eigenvalue weighted by atomic mass is 32.1. The molecule has 1 unspecified atom stereocenters. The van der Waals surface area contributed by atoms with Gasteiger partial charge in [0.2, 0.25) is 0 Å². The summed E-state index contributed by atoms with van der Waals surface area (Å²) in [6.07, 6.45) is 11.6. The number of hydrogen-bond acceptors (Lipinski definition) is 8. The van der Waals surface area contributed by atoms with E-state index in [0.29, 0.717) is 79.3 Å². The van der Waals surface area contributed by atoms with Crippen molar-refractivity contribution in [2.45, 2.75) is 70.1 Å². The molecular formula is C24H50O7S. The highest BCUT2D eigenvalue weighted by molar-refractivity contribution is 7.80. The fourth-order valence-electron chi connectivity index (χ4n) is 2.90. The quantitative estimate of drug-likeness (QED) is 0.0999. The predicted octanol–water partition coefficient (Wildman–Crippen LogP) is 4.52. The first-order valence-corrected chi connectivity index (χ1v) is 13.0. The van der Waals surface area contributed by atoms with Crippen LogP contribution in [0.1, 0.15) is 64.7 Å². The maximum absolute atomic E-state index is 5.68. The van der Waals surface area contributed by atoms with E-state index in [1.165, 1.54) is 51.4 Å². The molecule has 0 saturated heterocycles. The summed E-state index contributed by atoms with van der Waals surface area (Å²) in [5, 5.41) is 0. The normalized spacial score (nSPS) is 12.5. The van der Waals surface area contributed by atoms with Crippen LogP contribution in [0.15, 0.2) is 0 Å². The number of thiol groups is 1. The topological polar surface area (TPSA) is 64.6 Å². The van der Waals surface area contributed by atoms with Crippen molar-refractivity contribution in [3.05, 3.63) is 0 Å². The molecule has 0 aromatic heterocycles. The largest absolute Gasteiger partial charge is 0.382 e. The fraction of sp³-hybridized carbons (Fsp3) is 1.00. The number of rotatable bonds is 28. The summed E-state index contributed by atoms with van der Waals surface area (Å²) in [5.41, 5.74) is 0.0132. The van der Waals surface area contributed by atoms with Gasteiger partial charge < -0.3 is 33.2 Å². The minimum absolute atomic E-state index is 0.0132. The minimum atomic E-state index is 0.0132. The number of hydrogen-bond donors (Lipinski definition) is 1. The first kappa shape index (κ1) is 32.1. The molecular weight excluding hydrogens is 432 g/mol. The third-order valence-corrected chi connectivity index (χ3v) is 5.17. The van der Waals surface area contributed by atoms with E-state index < -0.39 is 0 Å². The number of unbranched alkanes of at least 4 members (excludes halogenated alkanes) is 7. The Morgan fingerprint density at radius 1 is 0.500 bits per heavy atom. The van der Waals surface area contributed by atoms with E-state index in [4.69, 9.17) is 33.2 Å². The molecule has 0 rings (SSSR count). The Balaban J connectivity index is 3.10. The average molecular weight is 483 g/mol. The highest BCUT2D eigenvalue weighted by Gasteiger charge is 2.03. The zero-order chi connectivity index (χ0) is 23.4. The van der Waals surface area contributed by atoms with Crippen LogP contribution in [0.2, 0.25) is 0 Å². The molecule has 0 aliphatic rings. The molecule has 7 nitrogen and oxygen atoms in total. The molecule has 8 heteroatoms. The van der Waals surface area contributed by atoms with E-state index in [9.17, 15) is 0 Å². The summed E-state index contributed by atoms with van der Waals surface area (Å²) in [6.45, 7) is 9.08. The molecule has 0 N–H and O–H groups in total. The maximum atomic E-state index is 5.68. The Hall–Kier alpha value is 0.0700. The van der Waals surface area contributed by atoms with Crippen molar-refractivity contribution in [3.8, 4) is 0 Å². The molecule has 0 aromatic carbocycles. The molecule has 0 spiro atoms. The van der Waals surface area contributed by atoms with Crippen molar-refractivity contribution in [1.82, 2.24) is 0 Å². The number of ether oxygens (including phenoxy) is 7. The SMILES string of the molecule is CCCCCCCCCCC(S)OCCOCCOCCOCCOCCOCCOC.